The zero-order chi connectivity index (χ0) is 23.1. The number of halogens is 1. The van der Waals surface area contributed by atoms with E-state index < -0.39 is 10.9 Å². The highest BCUT2D eigenvalue weighted by molar-refractivity contribution is 7.20. The first-order valence-electron chi connectivity index (χ1n) is 9.83. The molecular weight excluding hydrogens is 470 g/mol. The summed E-state index contributed by atoms with van der Waals surface area (Å²) in [6.07, 6.45) is 0. The van der Waals surface area contributed by atoms with Gasteiger partial charge in [0.1, 0.15) is 22.1 Å². The lowest BCUT2D eigenvalue weighted by molar-refractivity contribution is -0.385. The number of hydrogen-bond acceptors (Lipinski definition) is 8. The maximum Gasteiger partial charge on any atom is 0.348 e. The number of rotatable bonds is 5. The fourth-order valence-electron chi connectivity index (χ4n) is 3.64. The van der Waals surface area contributed by atoms with Gasteiger partial charge in [-0.2, -0.15) is 5.10 Å². The first-order chi connectivity index (χ1) is 15.9. The van der Waals surface area contributed by atoms with Crippen LogP contribution in [-0.2, 0) is 22.7 Å². The van der Waals surface area contributed by atoms with E-state index in [0.29, 0.717) is 26.8 Å². The van der Waals surface area contributed by atoms with E-state index in [0.717, 1.165) is 21.6 Å². The molecule has 0 amide bonds. The Balaban J connectivity index is 1.42. The molecule has 0 fully saturated rings. The second-order valence-corrected chi connectivity index (χ2v) is 8.81. The zero-order valence-electron chi connectivity index (χ0n) is 17.2. The van der Waals surface area contributed by atoms with Gasteiger partial charge in [0.25, 0.3) is 5.69 Å². The Morgan fingerprint density at radius 1 is 1.33 bits per heavy atom. The number of carbonyl (C=O) groups is 1. The van der Waals surface area contributed by atoms with Gasteiger partial charge in [-0.05, 0) is 31.2 Å². The Morgan fingerprint density at radius 3 is 2.97 bits per heavy atom. The number of nitrogens with zero attached hydrogens (tertiary/aromatic N) is 3. The van der Waals surface area contributed by atoms with Crippen LogP contribution in [0.1, 0.15) is 26.5 Å². The molecule has 1 aliphatic rings. The van der Waals surface area contributed by atoms with E-state index in [2.05, 4.69) is 5.10 Å². The number of esters is 1. The molecular formula is C22H16ClN3O6S. The number of benzene rings is 2. The van der Waals surface area contributed by atoms with Crippen LogP contribution in [0.2, 0.25) is 5.02 Å². The molecule has 0 radical (unpaired) electrons. The summed E-state index contributed by atoms with van der Waals surface area (Å²) in [5.74, 6) is -0.0935. The van der Waals surface area contributed by atoms with Gasteiger partial charge in [0.05, 0.1) is 22.9 Å². The highest BCUT2D eigenvalue weighted by Gasteiger charge is 2.23. The van der Waals surface area contributed by atoms with Gasteiger partial charge < -0.3 is 14.2 Å². The van der Waals surface area contributed by atoms with Gasteiger partial charge in [-0.3, -0.25) is 10.1 Å². The molecule has 0 aliphatic carbocycles. The second-order valence-electron chi connectivity index (χ2n) is 7.34. The number of ether oxygens (including phenoxy) is 3. The molecule has 1 aliphatic heterocycles. The van der Waals surface area contributed by atoms with Crippen molar-refractivity contribution in [3.8, 4) is 11.4 Å². The van der Waals surface area contributed by atoms with E-state index in [-0.39, 0.29) is 25.7 Å². The van der Waals surface area contributed by atoms with Gasteiger partial charge in [-0.25, -0.2) is 9.48 Å². The average Bonchev–Trinajstić information content (AvgIpc) is 3.37. The summed E-state index contributed by atoms with van der Waals surface area (Å²) in [7, 11) is 0. The second kappa shape index (κ2) is 8.47. The van der Waals surface area contributed by atoms with Crippen LogP contribution in [0.5, 0.6) is 5.75 Å². The number of thiophene rings is 1. The molecule has 0 spiro atoms. The molecule has 2 aromatic carbocycles. The predicted octanol–water partition coefficient (Wildman–Crippen LogP) is 5.18. The van der Waals surface area contributed by atoms with Gasteiger partial charge in [-0.15, -0.1) is 11.3 Å². The topological polar surface area (TPSA) is 106 Å². The monoisotopic (exact) mass is 485 g/mol. The van der Waals surface area contributed by atoms with Gasteiger partial charge in [0, 0.05) is 33.7 Å². The van der Waals surface area contributed by atoms with E-state index >= 15 is 0 Å². The third-order valence-electron chi connectivity index (χ3n) is 5.14. The standard InChI is InChI=1S/C22H16ClN3O6S/c1-12-18-8-19(33-21(18)25(24-12)16-4-2-3-15(23)7-16)22(27)31-10-14-6-17(26(28)29)5-13-9-30-11-32-20(13)14/h2-8H,9-11H2,1H3. The largest absolute Gasteiger partial charge is 0.467 e. The van der Waals surface area contributed by atoms with Crippen molar-refractivity contribution in [2.24, 2.45) is 0 Å². The lowest BCUT2D eigenvalue weighted by Crippen LogP contribution is -2.14. The number of carbonyl (C=O) groups excluding carboxylic acids is 1. The fourth-order valence-corrected chi connectivity index (χ4v) is 4.90. The number of fused-ring (bicyclic) bond motifs is 2. The quantitative estimate of drug-likeness (QED) is 0.218. The third-order valence-corrected chi connectivity index (χ3v) is 6.47. The van der Waals surface area contributed by atoms with Crippen molar-refractivity contribution in [2.45, 2.75) is 20.1 Å². The first kappa shape index (κ1) is 21.4. The van der Waals surface area contributed by atoms with Crippen LogP contribution >= 0.6 is 22.9 Å². The van der Waals surface area contributed by atoms with Gasteiger partial charge in [-0.1, -0.05) is 17.7 Å². The Kier molecular flexibility index (Phi) is 5.49. The van der Waals surface area contributed by atoms with Crippen LogP contribution in [0.3, 0.4) is 0 Å². The Morgan fingerprint density at radius 2 is 2.18 bits per heavy atom. The summed E-state index contributed by atoms with van der Waals surface area (Å²) in [5.41, 5.74) is 2.39. The molecule has 0 N–H and O–H groups in total. The molecule has 3 heterocycles. The number of non-ortho nitro benzene ring substituents is 1. The summed E-state index contributed by atoms with van der Waals surface area (Å²) in [5, 5.41) is 17.2. The summed E-state index contributed by atoms with van der Waals surface area (Å²) in [6.45, 7) is 1.91. The van der Waals surface area contributed by atoms with Crippen LogP contribution in [0.25, 0.3) is 15.9 Å². The molecule has 0 saturated heterocycles. The molecule has 0 bridgehead atoms. The van der Waals surface area contributed by atoms with Gasteiger partial charge >= 0.3 is 5.97 Å². The van der Waals surface area contributed by atoms with Crippen molar-refractivity contribution >= 4 is 44.8 Å². The Bertz CT molecular complexity index is 1410. The smallest absolute Gasteiger partial charge is 0.348 e. The van der Waals surface area contributed by atoms with Crippen LogP contribution in [0.15, 0.2) is 42.5 Å². The number of nitro benzene ring substituents is 1. The lowest BCUT2D eigenvalue weighted by atomic mass is 10.1. The minimum absolute atomic E-state index is 0.0291. The SMILES string of the molecule is Cc1nn(-c2cccc(Cl)c2)c2sc(C(=O)OCc3cc([N+](=O)[O-])cc4c3OCOC4)cc12. The molecule has 2 aromatic heterocycles. The van der Waals surface area contributed by atoms with Crippen molar-refractivity contribution in [2.75, 3.05) is 6.79 Å². The highest BCUT2D eigenvalue weighted by Crippen LogP contribution is 2.34. The van der Waals surface area contributed by atoms with Gasteiger partial charge in [0.2, 0.25) is 0 Å². The van der Waals surface area contributed by atoms with E-state index in [1.54, 1.807) is 22.9 Å². The maximum absolute atomic E-state index is 12.8. The minimum atomic E-state index is -0.541. The van der Waals surface area contributed by atoms with Crippen molar-refractivity contribution in [3.05, 3.63) is 79.3 Å². The van der Waals surface area contributed by atoms with E-state index in [1.807, 2.05) is 19.1 Å². The predicted molar refractivity (Wildman–Crippen MR) is 121 cm³/mol. The van der Waals surface area contributed by atoms with Crippen molar-refractivity contribution < 1.29 is 23.9 Å². The molecule has 33 heavy (non-hydrogen) atoms. The molecule has 5 rings (SSSR count). The Labute approximate surface area is 196 Å². The van der Waals surface area contributed by atoms with Crippen LogP contribution < -0.4 is 4.74 Å². The van der Waals surface area contributed by atoms with Crippen molar-refractivity contribution in [3.63, 3.8) is 0 Å². The average molecular weight is 486 g/mol. The van der Waals surface area contributed by atoms with E-state index in [4.69, 9.17) is 25.8 Å². The molecule has 4 aromatic rings. The summed E-state index contributed by atoms with van der Waals surface area (Å²) >= 11 is 7.37. The molecule has 168 valence electrons. The first-order valence-corrected chi connectivity index (χ1v) is 11.0. The summed E-state index contributed by atoms with van der Waals surface area (Å²) in [6, 6.07) is 11.8. The maximum atomic E-state index is 12.8. The Hall–Kier alpha value is -3.47. The molecule has 9 nitrogen and oxygen atoms in total. The fraction of sp³-hybridized carbons (Fsp3) is 0.182. The summed E-state index contributed by atoms with van der Waals surface area (Å²) in [4.78, 5) is 24.8. The van der Waals surface area contributed by atoms with Crippen LogP contribution in [0, 0.1) is 17.0 Å². The third kappa shape index (κ3) is 4.04. The van der Waals surface area contributed by atoms with Gasteiger partial charge in [0.15, 0.2) is 6.79 Å². The van der Waals surface area contributed by atoms with Crippen molar-refractivity contribution in [1.82, 2.24) is 9.78 Å². The normalized spacial score (nSPS) is 12.9. The number of aryl methyl sites for hydroxylation is 1. The molecule has 0 unspecified atom stereocenters. The lowest BCUT2D eigenvalue weighted by Gasteiger charge is -2.20. The number of aromatic nitrogens is 2. The minimum Gasteiger partial charge on any atom is -0.467 e. The highest BCUT2D eigenvalue weighted by atomic mass is 35.5. The zero-order valence-corrected chi connectivity index (χ0v) is 18.8. The van der Waals surface area contributed by atoms with E-state index in [9.17, 15) is 14.9 Å². The molecule has 11 heteroatoms. The summed E-state index contributed by atoms with van der Waals surface area (Å²) < 4.78 is 17.9. The number of nitro groups is 1. The molecule has 0 atom stereocenters. The van der Waals surface area contributed by atoms with E-state index in [1.165, 1.54) is 23.5 Å². The number of hydrogen-bond donors (Lipinski definition) is 0. The van der Waals surface area contributed by atoms with Crippen LogP contribution in [0.4, 0.5) is 5.69 Å². The van der Waals surface area contributed by atoms with Crippen molar-refractivity contribution in [1.29, 1.82) is 0 Å². The van der Waals surface area contributed by atoms with Crippen LogP contribution in [-0.4, -0.2) is 27.5 Å². The molecule has 0 saturated carbocycles.